The maximum absolute atomic E-state index is 2.58. The van der Waals surface area contributed by atoms with Gasteiger partial charge in [0.1, 0.15) is 12.4 Å². The molecule has 0 fully saturated rings. The maximum atomic E-state index is 2.58. The summed E-state index contributed by atoms with van der Waals surface area (Å²) in [4.78, 5) is 0. The van der Waals surface area contributed by atoms with Crippen LogP contribution in [0.2, 0.25) is 0 Å². The first-order chi connectivity index (χ1) is 19.8. The Bertz CT molecular complexity index is 619. The number of aryl methyl sites for hydroxylation is 2. The van der Waals surface area contributed by atoms with Crippen molar-refractivity contribution >= 4 is 0 Å². The van der Waals surface area contributed by atoms with Gasteiger partial charge in [0, 0.05) is 6.42 Å². The number of unbranched alkanes of at least 4 members (excludes halogenated alkanes) is 27. The molecule has 1 aromatic heterocycles. The number of aromatic nitrogens is 2. The van der Waals surface area contributed by atoms with Crippen molar-refractivity contribution in [3.05, 3.63) is 18.2 Å². The van der Waals surface area contributed by atoms with Crippen LogP contribution in [0, 0.1) is 0 Å². The van der Waals surface area contributed by atoms with E-state index in [1.807, 2.05) is 0 Å². The predicted molar refractivity (Wildman–Crippen MR) is 179 cm³/mol. The van der Waals surface area contributed by atoms with Gasteiger partial charge in [0.05, 0.1) is 13.1 Å². The Morgan fingerprint density at radius 3 is 1.10 bits per heavy atom. The largest absolute Gasteiger partial charge is 0.256 e. The molecule has 0 aliphatic carbocycles. The number of imidazole rings is 1. The molecule has 1 rings (SSSR count). The number of nitrogens with zero attached hydrogens (tertiary/aromatic N) is 2. The van der Waals surface area contributed by atoms with Crippen LogP contribution in [0.5, 0.6) is 0 Å². The molecule has 0 saturated carbocycles. The minimum Gasteiger partial charge on any atom is -0.235 e. The van der Waals surface area contributed by atoms with E-state index in [2.05, 4.69) is 42.3 Å². The second-order valence-corrected chi connectivity index (χ2v) is 13.0. The number of hydrogen-bond donors (Lipinski definition) is 0. The van der Waals surface area contributed by atoms with Crippen molar-refractivity contribution in [2.24, 2.45) is 0 Å². The smallest absolute Gasteiger partial charge is 0.235 e. The van der Waals surface area contributed by atoms with Crippen molar-refractivity contribution in [2.75, 3.05) is 0 Å². The highest BCUT2D eigenvalue weighted by Gasteiger charge is 2.15. The zero-order valence-corrected chi connectivity index (χ0v) is 28.2. The molecule has 0 radical (unpaired) electrons. The van der Waals surface area contributed by atoms with Crippen molar-refractivity contribution in [1.82, 2.24) is 4.57 Å². The molecule has 0 aliphatic heterocycles. The van der Waals surface area contributed by atoms with E-state index in [-0.39, 0.29) is 0 Å². The highest BCUT2D eigenvalue weighted by Crippen LogP contribution is 2.16. The molecule has 0 aliphatic rings. The topological polar surface area (TPSA) is 8.81 Å². The summed E-state index contributed by atoms with van der Waals surface area (Å²) >= 11 is 0. The molecule has 1 aromatic rings. The lowest BCUT2D eigenvalue weighted by molar-refractivity contribution is -0.700. The normalized spacial score (nSPS) is 11.6. The van der Waals surface area contributed by atoms with Gasteiger partial charge in [-0.1, -0.05) is 181 Å². The van der Waals surface area contributed by atoms with Gasteiger partial charge in [-0.05, 0) is 26.2 Å². The van der Waals surface area contributed by atoms with Gasteiger partial charge in [-0.15, -0.1) is 0 Å². The lowest BCUT2D eigenvalue weighted by Crippen LogP contribution is -2.36. The third kappa shape index (κ3) is 21.9. The van der Waals surface area contributed by atoms with Crippen LogP contribution in [0.3, 0.4) is 0 Å². The van der Waals surface area contributed by atoms with Gasteiger partial charge in [-0.3, -0.25) is 0 Å². The first-order valence-electron chi connectivity index (χ1n) is 18.9. The van der Waals surface area contributed by atoms with Crippen LogP contribution >= 0.6 is 0 Å². The van der Waals surface area contributed by atoms with Gasteiger partial charge in [0.15, 0.2) is 0 Å². The Balaban J connectivity index is 1.96. The van der Waals surface area contributed by atoms with E-state index in [1.165, 1.54) is 199 Å². The van der Waals surface area contributed by atoms with Crippen LogP contribution in [0.4, 0.5) is 0 Å². The van der Waals surface area contributed by atoms with Crippen molar-refractivity contribution < 1.29 is 4.57 Å². The van der Waals surface area contributed by atoms with Crippen LogP contribution < -0.4 is 4.57 Å². The van der Waals surface area contributed by atoms with Crippen LogP contribution in [-0.4, -0.2) is 4.57 Å². The second kappa shape index (κ2) is 29.7. The number of hydrogen-bond acceptors (Lipinski definition) is 0. The molecule has 0 unspecified atom stereocenters. The number of rotatable bonds is 32. The summed E-state index contributed by atoms with van der Waals surface area (Å²) in [6.45, 7) is 9.24. The van der Waals surface area contributed by atoms with Crippen molar-refractivity contribution in [2.45, 2.75) is 226 Å². The molecule has 2 heteroatoms. The second-order valence-electron chi connectivity index (χ2n) is 13.0. The van der Waals surface area contributed by atoms with Gasteiger partial charge in [0.25, 0.3) is 5.82 Å². The Morgan fingerprint density at radius 2 is 0.750 bits per heavy atom. The van der Waals surface area contributed by atoms with Crippen LogP contribution in [0.25, 0.3) is 0 Å². The lowest BCUT2D eigenvalue weighted by Gasteiger charge is -2.06. The van der Waals surface area contributed by atoms with Gasteiger partial charge < -0.3 is 0 Å². The minimum absolute atomic E-state index is 1.11. The summed E-state index contributed by atoms with van der Waals surface area (Å²) < 4.78 is 5.07. The monoisotopic (exact) mass is 560 g/mol. The Hall–Kier alpha value is -0.790. The van der Waals surface area contributed by atoms with E-state index in [0.29, 0.717) is 0 Å². The molecule has 0 amide bonds. The summed E-state index contributed by atoms with van der Waals surface area (Å²) in [5.41, 5.74) is 0. The first kappa shape index (κ1) is 37.2. The molecule has 40 heavy (non-hydrogen) atoms. The minimum atomic E-state index is 1.11. The molecule has 0 spiro atoms. The third-order valence-electron chi connectivity index (χ3n) is 9.19. The van der Waals surface area contributed by atoms with Crippen LogP contribution in [0.1, 0.15) is 213 Å². The summed E-state index contributed by atoms with van der Waals surface area (Å²) in [5, 5.41) is 0. The van der Waals surface area contributed by atoms with Crippen molar-refractivity contribution in [3.8, 4) is 0 Å². The fraction of sp³-hybridized carbons (Fsp3) is 0.921. The SMILES string of the molecule is CCCCCCCCCCCCCCCCCCCc1n(CCCCCCCCCCCCCC)cc[n+]1CC. The molecule has 0 N–H and O–H groups in total. The third-order valence-corrected chi connectivity index (χ3v) is 9.19. The summed E-state index contributed by atoms with van der Waals surface area (Å²) in [5.74, 6) is 1.58. The van der Waals surface area contributed by atoms with E-state index in [9.17, 15) is 0 Å². The van der Waals surface area contributed by atoms with E-state index in [1.54, 1.807) is 5.82 Å². The summed E-state index contributed by atoms with van der Waals surface area (Å²) in [6, 6.07) is 0. The Labute approximate surface area is 253 Å². The highest BCUT2D eigenvalue weighted by atomic mass is 15.1. The van der Waals surface area contributed by atoms with Gasteiger partial charge >= 0.3 is 0 Å². The van der Waals surface area contributed by atoms with Crippen molar-refractivity contribution in [1.29, 1.82) is 0 Å². The molecule has 0 aromatic carbocycles. The van der Waals surface area contributed by atoms with Crippen LogP contribution in [-0.2, 0) is 19.5 Å². The molecule has 236 valence electrons. The van der Waals surface area contributed by atoms with Gasteiger partial charge in [-0.25, -0.2) is 9.13 Å². The fourth-order valence-corrected chi connectivity index (χ4v) is 6.41. The van der Waals surface area contributed by atoms with E-state index >= 15 is 0 Å². The molecule has 0 bridgehead atoms. The highest BCUT2D eigenvalue weighted by molar-refractivity contribution is 4.84. The lowest BCUT2D eigenvalue weighted by atomic mass is 10.0. The quantitative estimate of drug-likeness (QED) is 0.0613. The molecule has 1 heterocycles. The molecular formula is C38H75N2+. The first-order valence-corrected chi connectivity index (χ1v) is 18.9. The summed E-state index contributed by atoms with van der Waals surface area (Å²) in [7, 11) is 0. The maximum Gasteiger partial charge on any atom is 0.256 e. The summed E-state index contributed by atoms with van der Waals surface area (Å²) in [6.07, 6.45) is 47.8. The van der Waals surface area contributed by atoms with E-state index < -0.39 is 0 Å². The molecule has 0 atom stereocenters. The van der Waals surface area contributed by atoms with Gasteiger partial charge in [-0.2, -0.15) is 0 Å². The fourth-order valence-electron chi connectivity index (χ4n) is 6.41. The Morgan fingerprint density at radius 1 is 0.425 bits per heavy atom. The average molecular weight is 560 g/mol. The van der Waals surface area contributed by atoms with E-state index in [0.717, 1.165) is 6.54 Å². The zero-order chi connectivity index (χ0) is 28.8. The zero-order valence-electron chi connectivity index (χ0n) is 28.2. The average Bonchev–Trinajstić information content (AvgIpc) is 3.36. The molecule has 0 saturated heterocycles. The van der Waals surface area contributed by atoms with E-state index in [4.69, 9.17) is 0 Å². The molecular weight excluding hydrogens is 484 g/mol. The Kier molecular flexibility index (Phi) is 27.6. The molecule has 2 nitrogen and oxygen atoms in total. The predicted octanol–water partition coefficient (Wildman–Crippen LogP) is 12.7. The van der Waals surface area contributed by atoms with Gasteiger partial charge in [0.2, 0.25) is 0 Å². The van der Waals surface area contributed by atoms with Crippen molar-refractivity contribution in [3.63, 3.8) is 0 Å². The van der Waals surface area contributed by atoms with Crippen LogP contribution in [0.15, 0.2) is 12.4 Å². The standard InChI is InChI=1S/C38H75N2/c1-4-7-9-11-13-15-17-19-20-21-22-23-24-26-28-30-32-34-38-39(6-3)36-37-40(38)35-33-31-29-27-25-18-16-14-12-10-8-5-2/h36-37H,4-35H2,1-3H3/q+1.